The van der Waals surface area contributed by atoms with Crippen LogP contribution in [0.25, 0.3) is 0 Å². The Morgan fingerprint density at radius 3 is 2.92 bits per heavy atom. The first-order valence-electron chi connectivity index (χ1n) is 4.68. The highest BCUT2D eigenvalue weighted by molar-refractivity contribution is 5.08. The highest BCUT2D eigenvalue weighted by atomic mass is 16.5. The van der Waals surface area contributed by atoms with Crippen LogP contribution in [0.2, 0.25) is 0 Å². The summed E-state index contributed by atoms with van der Waals surface area (Å²) in [4.78, 5) is 0. The summed E-state index contributed by atoms with van der Waals surface area (Å²) in [6, 6.07) is 0.208. The summed E-state index contributed by atoms with van der Waals surface area (Å²) in [6.07, 6.45) is 6.85. The lowest BCUT2D eigenvalue weighted by atomic mass is 9.87. The topological polar surface area (TPSA) is 35.2 Å². The molecule has 1 aliphatic carbocycles. The minimum absolute atomic E-state index is 0.0593. The molecule has 3 unspecified atom stereocenters. The van der Waals surface area contributed by atoms with Gasteiger partial charge in [-0.1, -0.05) is 12.2 Å². The molecule has 1 heterocycles. The van der Waals surface area contributed by atoms with Crippen LogP contribution in [0.5, 0.6) is 0 Å². The van der Waals surface area contributed by atoms with Gasteiger partial charge in [0.25, 0.3) is 0 Å². The smallest absolute Gasteiger partial charge is 0.0663 e. The minimum atomic E-state index is 0.0593. The molecule has 0 spiro atoms. The molecule has 0 aromatic rings. The number of fused-ring (bicyclic) bond motifs is 1. The molecule has 3 atom stereocenters. The van der Waals surface area contributed by atoms with E-state index in [1.165, 1.54) is 0 Å². The molecule has 0 radical (unpaired) electrons. The van der Waals surface area contributed by atoms with Crippen molar-refractivity contribution in [2.45, 2.75) is 44.4 Å². The number of hydrogen-bond acceptors (Lipinski definition) is 2. The molecule has 12 heavy (non-hydrogen) atoms. The Balaban J connectivity index is 2.12. The van der Waals surface area contributed by atoms with Crippen molar-refractivity contribution in [3.63, 3.8) is 0 Å². The molecule has 0 bridgehead atoms. The molecule has 2 rings (SSSR count). The molecule has 68 valence electrons. The van der Waals surface area contributed by atoms with Crippen LogP contribution in [0.4, 0.5) is 0 Å². The molecular weight excluding hydrogens is 150 g/mol. The summed E-state index contributed by atoms with van der Waals surface area (Å²) in [5.74, 6) is 0.611. The maximum absolute atomic E-state index is 5.89. The van der Waals surface area contributed by atoms with E-state index in [1.807, 2.05) is 0 Å². The Labute approximate surface area is 73.8 Å². The predicted molar refractivity (Wildman–Crippen MR) is 48.8 cm³/mol. The molecule has 0 aromatic heterocycles. The lowest BCUT2D eigenvalue weighted by Gasteiger charge is -2.23. The fourth-order valence-corrected chi connectivity index (χ4v) is 2.29. The second-order valence-corrected chi connectivity index (χ2v) is 4.57. The Kier molecular flexibility index (Phi) is 1.77. The fourth-order valence-electron chi connectivity index (χ4n) is 2.29. The third-order valence-electron chi connectivity index (χ3n) is 2.79. The molecule has 2 aliphatic rings. The van der Waals surface area contributed by atoms with Crippen LogP contribution in [0.3, 0.4) is 0 Å². The summed E-state index contributed by atoms with van der Waals surface area (Å²) in [5, 5.41) is 0. The van der Waals surface area contributed by atoms with E-state index in [9.17, 15) is 0 Å². The fraction of sp³-hybridized carbons (Fsp3) is 0.800. The standard InChI is InChI=1S/C10H17NO/c1-10(2)6-7-3-4-8(11)5-9(7)12-10/h3-4,7-9H,5-6,11H2,1-2H3. The van der Waals surface area contributed by atoms with Crippen molar-refractivity contribution in [2.24, 2.45) is 11.7 Å². The molecule has 2 heteroatoms. The van der Waals surface area contributed by atoms with Crippen LogP contribution in [-0.4, -0.2) is 17.7 Å². The third kappa shape index (κ3) is 1.41. The monoisotopic (exact) mass is 167 g/mol. The maximum Gasteiger partial charge on any atom is 0.0663 e. The second kappa shape index (κ2) is 2.57. The van der Waals surface area contributed by atoms with E-state index in [0.29, 0.717) is 12.0 Å². The van der Waals surface area contributed by atoms with Gasteiger partial charge in [0.15, 0.2) is 0 Å². The average Bonchev–Trinajstić information content (AvgIpc) is 2.21. The van der Waals surface area contributed by atoms with Gasteiger partial charge >= 0.3 is 0 Å². The molecule has 0 aromatic carbocycles. The number of nitrogens with two attached hydrogens (primary N) is 1. The second-order valence-electron chi connectivity index (χ2n) is 4.57. The van der Waals surface area contributed by atoms with E-state index >= 15 is 0 Å². The van der Waals surface area contributed by atoms with Gasteiger partial charge in [-0.15, -0.1) is 0 Å². The molecule has 0 saturated carbocycles. The van der Waals surface area contributed by atoms with Crippen LogP contribution >= 0.6 is 0 Å². The van der Waals surface area contributed by atoms with Gasteiger partial charge < -0.3 is 10.5 Å². The first kappa shape index (κ1) is 8.27. The van der Waals surface area contributed by atoms with Crippen molar-refractivity contribution in [3.8, 4) is 0 Å². The zero-order valence-corrected chi connectivity index (χ0v) is 7.79. The van der Waals surface area contributed by atoms with Crippen molar-refractivity contribution in [1.82, 2.24) is 0 Å². The molecule has 1 fully saturated rings. The lowest BCUT2D eigenvalue weighted by molar-refractivity contribution is -0.0240. The Bertz CT molecular complexity index is 210. The van der Waals surface area contributed by atoms with E-state index in [2.05, 4.69) is 26.0 Å². The SMILES string of the molecule is CC1(C)CC2C=CC(N)CC2O1. The van der Waals surface area contributed by atoms with Crippen LogP contribution in [0.15, 0.2) is 12.2 Å². The van der Waals surface area contributed by atoms with Gasteiger partial charge in [0.1, 0.15) is 0 Å². The van der Waals surface area contributed by atoms with E-state index in [-0.39, 0.29) is 11.6 Å². The van der Waals surface area contributed by atoms with E-state index < -0.39 is 0 Å². The largest absolute Gasteiger partial charge is 0.372 e. The Morgan fingerprint density at radius 1 is 1.42 bits per heavy atom. The highest BCUT2D eigenvalue weighted by Gasteiger charge is 2.40. The van der Waals surface area contributed by atoms with Crippen molar-refractivity contribution in [3.05, 3.63) is 12.2 Å². The Hall–Kier alpha value is -0.340. The number of rotatable bonds is 0. The predicted octanol–water partition coefficient (Wildman–Crippen LogP) is 1.46. The number of ether oxygens (including phenoxy) is 1. The summed E-state index contributed by atoms with van der Waals surface area (Å²) in [5.41, 5.74) is 5.87. The molecular formula is C10H17NO. The van der Waals surface area contributed by atoms with Crippen molar-refractivity contribution < 1.29 is 4.74 Å². The zero-order valence-electron chi connectivity index (χ0n) is 7.79. The summed E-state index contributed by atoms with van der Waals surface area (Å²) in [6.45, 7) is 4.31. The first-order valence-corrected chi connectivity index (χ1v) is 4.68. The van der Waals surface area contributed by atoms with Crippen molar-refractivity contribution >= 4 is 0 Å². The summed E-state index contributed by atoms with van der Waals surface area (Å²) in [7, 11) is 0. The van der Waals surface area contributed by atoms with Crippen LogP contribution < -0.4 is 5.73 Å². The molecule has 1 saturated heterocycles. The minimum Gasteiger partial charge on any atom is -0.372 e. The van der Waals surface area contributed by atoms with Gasteiger partial charge in [-0.05, 0) is 26.7 Å². The third-order valence-corrected chi connectivity index (χ3v) is 2.79. The van der Waals surface area contributed by atoms with E-state index in [0.717, 1.165) is 12.8 Å². The molecule has 0 amide bonds. The number of hydrogen-bond donors (Lipinski definition) is 1. The van der Waals surface area contributed by atoms with Crippen LogP contribution in [-0.2, 0) is 4.74 Å². The maximum atomic E-state index is 5.89. The van der Waals surface area contributed by atoms with E-state index in [4.69, 9.17) is 10.5 Å². The van der Waals surface area contributed by atoms with Gasteiger partial charge in [-0.3, -0.25) is 0 Å². The lowest BCUT2D eigenvalue weighted by Crippen LogP contribution is -2.31. The van der Waals surface area contributed by atoms with Gasteiger partial charge in [0.2, 0.25) is 0 Å². The Morgan fingerprint density at radius 2 is 2.17 bits per heavy atom. The average molecular weight is 167 g/mol. The zero-order chi connectivity index (χ0) is 8.77. The highest BCUT2D eigenvalue weighted by Crippen LogP contribution is 2.39. The molecule has 2 nitrogen and oxygen atoms in total. The first-order chi connectivity index (χ1) is 5.57. The van der Waals surface area contributed by atoms with Crippen molar-refractivity contribution in [1.29, 1.82) is 0 Å². The normalized spacial score (nSPS) is 44.4. The van der Waals surface area contributed by atoms with Crippen LogP contribution in [0.1, 0.15) is 26.7 Å². The summed E-state index contributed by atoms with van der Waals surface area (Å²) >= 11 is 0. The van der Waals surface area contributed by atoms with Gasteiger partial charge in [0.05, 0.1) is 11.7 Å². The van der Waals surface area contributed by atoms with Gasteiger partial charge in [-0.2, -0.15) is 0 Å². The summed E-state index contributed by atoms with van der Waals surface area (Å²) < 4.78 is 5.89. The van der Waals surface area contributed by atoms with Crippen LogP contribution in [0, 0.1) is 5.92 Å². The van der Waals surface area contributed by atoms with E-state index in [1.54, 1.807) is 0 Å². The molecule has 2 N–H and O–H groups in total. The van der Waals surface area contributed by atoms with Crippen molar-refractivity contribution in [2.75, 3.05) is 0 Å². The quantitative estimate of drug-likeness (QED) is 0.554. The van der Waals surface area contributed by atoms with Gasteiger partial charge in [0, 0.05) is 12.0 Å². The molecule has 1 aliphatic heterocycles. The van der Waals surface area contributed by atoms with Gasteiger partial charge in [-0.25, -0.2) is 0 Å².